The number of hydrogen-bond donors (Lipinski definition) is 3. The number of amides is 1. The molecule has 2 aromatic rings. The van der Waals surface area contributed by atoms with Crippen molar-refractivity contribution in [2.75, 3.05) is 26.7 Å². The maximum Gasteiger partial charge on any atom is 0.237 e. The van der Waals surface area contributed by atoms with Crippen LogP contribution in [0.5, 0.6) is 0 Å². The molecule has 2 fully saturated rings. The fraction of sp³-hybridized carbons (Fsp3) is 0.556. The maximum absolute atomic E-state index is 12.7. The van der Waals surface area contributed by atoms with Crippen LogP contribution in [0.15, 0.2) is 24.5 Å². The second kappa shape index (κ2) is 7.13. The Morgan fingerprint density at radius 1 is 1.35 bits per heavy atom. The number of nitrogens with one attached hydrogen (secondary N) is 3. The molecule has 0 aromatic carbocycles. The molecule has 3 N–H and O–H groups in total. The fourth-order valence-electron chi connectivity index (χ4n) is 4.18. The summed E-state index contributed by atoms with van der Waals surface area (Å²) in [5, 5.41) is 13.5. The second-order valence-corrected chi connectivity index (χ2v) is 7.44. The molecule has 8 heteroatoms. The van der Waals surface area contributed by atoms with Crippen molar-refractivity contribution < 1.29 is 4.79 Å². The number of carbonyl (C=O) groups excluding carboxylic acids is 1. The number of likely N-dealkylation sites (N-methyl/N-ethyl adjacent to an activating group) is 1. The van der Waals surface area contributed by atoms with E-state index in [9.17, 15) is 4.79 Å². The van der Waals surface area contributed by atoms with Crippen molar-refractivity contribution in [2.45, 2.75) is 31.8 Å². The van der Waals surface area contributed by atoms with E-state index in [-0.39, 0.29) is 11.9 Å². The minimum absolute atomic E-state index is 0.0595. The van der Waals surface area contributed by atoms with Gasteiger partial charge in [-0.2, -0.15) is 5.10 Å². The van der Waals surface area contributed by atoms with Crippen LogP contribution in [0.3, 0.4) is 0 Å². The molecule has 2 aliphatic rings. The van der Waals surface area contributed by atoms with Crippen LogP contribution >= 0.6 is 0 Å². The van der Waals surface area contributed by atoms with Crippen LogP contribution in [0.25, 0.3) is 11.4 Å². The van der Waals surface area contributed by atoms with Crippen molar-refractivity contribution in [2.24, 2.45) is 5.41 Å². The van der Waals surface area contributed by atoms with Crippen LogP contribution in [-0.2, 0) is 11.3 Å². The topological polar surface area (TPSA) is 98.8 Å². The Morgan fingerprint density at radius 3 is 2.88 bits per heavy atom. The number of pyridine rings is 1. The SMILES string of the molecule is CN1CC2(CCNCC2)CC1C(=O)NCc1nc(-c2ccncc2)n[nH]1. The van der Waals surface area contributed by atoms with Gasteiger partial charge in [-0.3, -0.25) is 19.8 Å². The second-order valence-electron chi connectivity index (χ2n) is 7.44. The highest BCUT2D eigenvalue weighted by Gasteiger charge is 2.45. The molecule has 26 heavy (non-hydrogen) atoms. The lowest BCUT2D eigenvalue weighted by Crippen LogP contribution is -2.41. The van der Waals surface area contributed by atoms with Gasteiger partial charge in [0.25, 0.3) is 0 Å². The van der Waals surface area contributed by atoms with Crippen molar-refractivity contribution in [3.63, 3.8) is 0 Å². The van der Waals surface area contributed by atoms with E-state index in [0.29, 0.717) is 23.6 Å². The first kappa shape index (κ1) is 17.1. The van der Waals surface area contributed by atoms with E-state index in [1.807, 2.05) is 12.1 Å². The summed E-state index contributed by atoms with van der Waals surface area (Å²) in [5.74, 6) is 1.34. The van der Waals surface area contributed by atoms with E-state index in [0.717, 1.165) is 44.5 Å². The van der Waals surface area contributed by atoms with Gasteiger partial charge in [0.15, 0.2) is 5.82 Å². The number of aromatic nitrogens is 4. The number of carbonyl (C=O) groups is 1. The van der Waals surface area contributed by atoms with Crippen molar-refractivity contribution in [3.8, 4) is 11.4 Å². The zero-order valence-electron chi connectivity index (χ0n) is 15.0. The van der Waals surface area contributed by atoms with Crippen LogP contribution in [-0.4, -0.2) is 63.7 Å². The van der Waals surface area contributed by atoms with Crippen LogP contribution < -0.4 is 10.6 Å². The van der Waals surface area contributed by atoms with Gasteiger partial charge in [0.1, 0.15) is 5.82 Å². The Balaban J connectivity index is 1.35. The highest BCUT2D eigenvalue weighted by Crippen LogP contribution is 2.41. The average molecular weight is 355 g/mol. The molecule has 0 aliphatic carbocycles. The molecule has 138 valence electrons. The van der Waals surface area contributed by atoms with E-state index in [1.165, 1.54) is 0 Å². The predicted molar refractivity (Wildman–Crippen MR) is 97.0 cm³/mol. The summed E-state index contributed by atoms with van der Waals surface area (Å²) in [6.07, 6.45) is 6.66. The molecule has 2 aliphatic heterocycles. The number of hydrogen-bond acceptors (Lipinski definition) is 6. The summed E-state index contributed by atoms with van der Waals surface area (Å²) in [6.45, 7) is 3.47. The number of aromatic amines is 1. The molecule has 0 radical (unpaired) electrons. The van der Waals surface area contributed by atoms with E-state index >= 15 is 0 Å². The fourth-order valence-corrected chi connectivity index (χ4v) is 4.18. The Hall–Kier alpha value is -2.32. The highest BCUT2D eigenvalue weighted by atomic mass is 16.2. The lowest BCUT2D eigenvalue weighted by molar-refractivity contribution is -0.125. The number of rotatable bonds is 4. The molecule has 4 rings (SSSR count). The Labute approximate surface area is 152 Å². The number of piperidine rings is 1. The van der Waals surface area contributed by atoms with Gasteiger partial charge in [-0.25, -0.2) is 4.98 Å². The van der Waals surface area contributed by atoms with Gasteiger partial charge in [-0.15, -0.1) is 0 Å². The van der Waals surface area contributed by atoms with Crippen molar-refractivity contribution in [1.29, 1.82) is 0 Å². The molecule has 1 atom stereocenters. The molecular weight excluding hydrogens is 330 g/mol. The third-order valence-electron chi connectivity index (χ3n) is 5.61. The molecule has 0 saturated carbocycles. The molecule has 4 heterocycles. The largest absolute Gasteiger partial charge is 0.347 e. The molecule has 1 spiro atoms. The van der Waals surface area contributed by atoms with E-state index < -0.39 is 0 Å². The summed E-state index contributed by atoms with van der Waals surface area (Å²) in [4.78, 5) is 23.3. The van der Waals surface area contributed by atoms with Crippen molar-refractivity contribution in [1.82, 2.24) is 35.7 Å². The minimum atomic E-state index is -0.0595. The Morgan fingerprint density at radius 2 is 2.12 bits per heavy atom. The van der Waals surface area contributed by atoms with E-state index in [1.54, 1.807) is 12.4 Å². The lowest BCUT2D eigenvalue weighted by atomic mass is 9.77. The monoisotopic (exact) mass is 355 g/mol. The first-order valence-corrected chi connectivity index (χ1v) is 9.16. The van der Waals surface area contributed by atoms with Gasteiger partial charge >= 0.3 is 0 Å². The zero-order chi connectivity index (χ0) is 18.0. The van der Waals surface area contributed by atoms with Crippen LogP contribution in [0.2, 0.25) is 0 Å². The minimum Gasteiger partial charge on any atom is -0.347 e. The molecule has 0 bridgehead atoms. The number of likely N-dealkylation sites (tertiary alicyclic amines) is 1. The molecule has 2 saturated heterocycles. The lowest BCUT2D eigenvalue weighted by Gasteiger charge is -2.33. The standard InChI is InChI=1S/C18H25N7O/c1-25-12-18(4-8-20-9-5-18)10-14(25)17(26)21-11-15-22-16(24-23-15)13-2-6-19-7-3-13/h2-3,6-7,14,20H,4-5,8-12H2,1H3,(H,21,26)(H,22,23,24). The zero-order valence-corrected chi connectivity index (χ0v) is 15.0. The summed E-state index contributed by atoms with van der Waals surface area (Å²) >= 11 is 0. The first-order valence-electron chi connectivity index (χ1n) is 9.16. The third-order valence-corrected chi connectivity index (χ3v) is 5.61. The third kappa shape index (κ3) is 3.47. The molecule has 1 unspecified atom stereocenters. The summed E-state index contributed by atoms with van der Waals surface area (Å²) in [5.41, 5.74) is 1.19. The van der Waals surface area contributed by atoms with Crippen LogP contribution in [0, 0.1) is 5.41 Å². The molecular formula is C18H25N7O. The first-order chi connectivity index (χ1) is 12.7. The van der Waals surface area contributed by atoms with Crippen molar-refractivity contribution in [3.05, 3.63) is 30.4 Å². The molecule has 8 nitrogen and oxygen atoms in total. The van der Waals surface area contributed by atoms with E-state index in [2.05, 4.69) is 42.7 Å². The van der Waals surface area contributed by atoms with Gasteiger partial charge in [-0.05, 0) is 56.9 Å². The van der Waals surface area contributed by atoms with E-state index in [4.69, 9.17) is 0 Å². The number of H-pyrrole nitrogens is 1. The highest BCUT2D eigenvalue weighted by molar-refractivity contribution is 5.82. The van der Waals surface area contributed by atoms with Crippen molar-refractivity contribution >= 4 is 5.91 Å². The predicted octanol–water partition coefficient (Wildman–Crippen LogP) is 0.557. The average Bonchev–Trinajstić information content (AvgIpc) is 3.26. The maximum atomic E-state index is 12.7. The van der Waals surface area contributed by atoms with Crippen LogP contribution in [0.4, 0.5) is 0 Å². The molecule has 2 aromatic heterocycles. The Bertz CT molecular complexity index is 754. The smallest absolute Gasteiger partial charge is 0.237 e. The van der Waals surface area contributed by atoms with Gasteiger partial charge in [0, 0.05) is 24.5 Å². The summed E-state index contributed by atoms with van der Waals surface area (Å²) < 4.78 is 0. The van der Waals surface area contributed by atoms with Crippen LogP contribution in [0.1, 0.15) is 25.1 Å². The summed E-state index contributed by atoms with van der Waals surface area (Å²) in [7, 11) is 2.05. The van der Waals surface area contributed by atoms with Gasteiger partial charge in [-0.1, -0.05) is 0 Å². The van der Waals surface area contributed by atoms with Gasteiger partial charge in [0.2, 0.25) is 5.91 Å². The normalized spacial score (nSPS) is 22.6. The summed E-state index contributed by atoms with van der Waals surface area (Å²) in [6, 6.07) is 3.66. The number of nitrogens with zero attached hydrogens (tertiary/aromatic N) is 4. The van der Waals surface area contributed by atoms with Gasteiger partial charge < -0.3 is 10.6 Å². The van der Waals surface area contributed by atoms with Gasteiger partial charge in [0.05, 0.1) is 12.6 Å². The molecule has 1 amide bonds. The Kier molecular flexibility index (Phi) is 4.69. The quantitative estimate of drug-likeness (QED) is 0.741.